The second-order valence-electron chi connectivity index (χ2n) is 3.97. The third kappa shape index (κ3) is 2.73. The number of hydrogen-bond acceptors (Lipinski definition) is 3. The molecule has 0 radical (unpaired) electrons. The summed E-state index contributed by atoms with van der Waals surface area (Å²) in [6, 6.07) is 6.82. The quantitative estimate of drug-likeness (QED) is 0.817. The lowest BCUT2D eigenvalue weighted by atomic mass is 10.2. The fraction of sp³-hybridized carbons (Fsp3) is 0.154. The minimum absolute atomic E-state index is 0.0442. The third-order valence-corrected chi connectivity index (χ3v) is 4.24. The molecule has 5 heteroatoms. The lowest BCUT2D eigenvalue weighted by Gasteiger charge is -2.06. The molecule has 94 valence electrons. The number of rotatable bonds is 2. The van der Waals surface area contributed by atoms with Crippen LogP contribution in [-0.4, -0.2) is 11.0 Å². The summed E-state index contributed by atoms with van der Waals surface area (Å²) in [6.07, 6.45) is 0. The molecular formula is C13H12BrNO2S. The first-order valence-electron chi connectivity index (χ1n) is 5.34. The molecule has 18 heavy (non-hydrogen) atoms. The number of aryl methyl sites for hydroxylation is 2. The maximum absolute atomic E-state index is 12.0. The number of carbonyl (C=O) groups excluding carboxylic acids is 1. The average molecular weight is 326 g/mol. The highest BCUT2D eigenvalue weighted by atomic mass is 79.9. The smallest absolute Gasteiger partial charge is 0.265 e. The van der Waals surface area contributed by atoms with Crippen molar-refractivity contribution in [3.8, 4) is 5.75 Å². The molecule has 0 bridgehead atoms. The van der Waals surface area contributed by atoms with Gasteiger partial charge < -0.3 is 10.4 Å². The molecule has 0 fully saturated rings. The van der Waals surface area contributed by atoms with E-state index in [4.69, 9.17) is 0 Å². The van der Waals surface area contributed by atoms with Crippen molar-refractivity contribution >= 4 is 38.9 Å². The van der Waals surface area contributed by atoms with E-state index in [2.05, 4.69) is 21.2 Å². The monoisotopic (exact) mass is 325 g/mol. The highest BCUT2D eigenvalue weighted by Gasteiger charge is 2.12. The number of hydrogen-bond donors (Lipinski definition) is 2. The summed E-state index contributed by atoms with van der Waals surface area (Å²) in [4.78, 5) is 13.8. The number of benzene rings is 1. The highest BCUT2D eigenvalue weighted by molar-refractivity contribution is 9.10. The maximum Gasteiger partial charge on any atom is 0.265 e. The molecule has 0 unspecified atom stereocenters. The van der Waals surface area contributed by atoms with Crippen molar-refractivity contribution in [1.82, 2.24) is 0 Å². The van der Waals surface area contributed by atoms with Gasteiger partial charge in [0, 0.05) is 9.35 Å². The molecule has 2 aromatic rings. The number of aromatic hydroxyl groups is 1. The molecule has 0 aliphatic heterocycles. The van der Waals surface area contributed by atoms with Crippen LogP contribution in [0.5, 0.6) is 5.75 Å². The number of phenols is 1. The molecule has 1 aromatic heterocycles. The van der Waals surface area contributed by atoms with Gasteiger partial charge in [-0.05, 0) is 43.7 Å². The molecule has 1 aromatic carbocycles. The van der Waals surface area contributed by atoms with Crippen LogP contribution in [0, 0.1) is 13.8 Å². The van der Waals surface area contributed by atoms with E-state index in [1.807, 2.05) is 19.9 Å². The molecule has 1 heterocycles. The van der Waals surface area contributed by atoms with Crippen LogP contribution in [0.2, 0.25) is 0 Å². The van der Waals surface area contributed by atoms with Crippen LogP contribution in [0.3, 0.4) is 0 Å². The second-order valence-corrected chi connectivity index (χ2v) is 6.14. The van der Waals surface area contributed by atoms with Crippen molar-refractivity contribution in [2.75, 3.05) is 5.32 Å². The Kier molecular flexibility index (Phi) is 3.73. The lowest BCUT2D eigenvalue weighted by molar-refractivity contribution is 0.103. The van der Waals surface area contributed by atoms with Gasteiger partial charge in [-0.15, -0.1) is 11.3 Å². The predicted molar refractivity (Wildman–Crippen MR) is 77.6 cm³/mol. The minimum Gasteiger partial charge on any atom is -0.506 e. The molecule has 0 saturated carbocycles. The minimum atomic E-state index is -0.200. The van der Waals surface area contributed by atoms with Crippen LogP contribution in [0.25, 0.3) is 0 Å². The largest absolute Gasteiger partial charge is 0.506 e. The van der Waals surface area contributed by atoms with Gasteiger partial charge in [0.15, 0.2) is 0 Å². The van der Waals surface area contributed by atoms with Crippen molar-refractivity contribution in [3.63, 3.8) is 0 Å². The number of thiophene rings is 1. The van der Waals surface area contributed by atoms with E-state index in [-0.39, 0.29) is 11.7 Å². The zero-order valence-corrected chi connectivity index (χ0v) is 12.4. The number of amides is 1. The van der Waals surface area contributed by atoms with E-state index in [9.17, 15) is 9.90 Å². The molecule has 2 rings (SSSR count). The molecule has 0 saturated heterocycles. The number of carbonyl (C=O) groups is 1. The van der Waals surface area contributed by atoms with Gasteiger partial charge >= 0.3 is 0 Å². The molecule has 0 atom stereocenters. The number of halogens is 1. The van der Waals surface area contributed by atoms with Crippen molar-refractivity contribution in [3.05, 3.63) is 44.1 Å². The zero-order valence-electron chi connectivity index (χ0n) is 9.95. The Bertz CT molecular complexity index is 588. The van der Waals surface area contributed by atoms with Gasteiger partial charge in [-0.1, -0.05) is 15.9 Å². The zero-order chi connectivity index (χ0) is 13.3. The Morgan fingerprint density at radius 2 is 2.06 bits per heavy atom. The van der Waals surface area contributed by atoms with Gasteiger partial charge in [-0.25, -0.2) is 0 Å². The van der Waals surface area contributed by atoms with Crippen LogP contribution < -0.4 is 5.32 Å². The summed E-state index contributed by atoms with van der Waals surface area (Å²) < 4.78 is 0.765. The summed E-state index contributed by atoms with van der Waals surface area (Å²) in [5.41, 5.74) is 1.51. The highest BCUT2D eigenvalue weighted by Crippen LogP contribution is 2.28. The van der Waals surface area contributed by atoms with E-state index < -0.39 is 0 Å². The fourth-order valence-corrected chi connectivity index (χ4v) is 2.76. The van der Waals surface area contributed by atoms with Gasteiger partial charge in [-0.3, -0.25) is 4.79 Å². The van der Waals surface area contributed by atoms with Crippen LogP contribution in [0.15, 0.2) is 28.7 Å². The molecular weight excluding hydrogens is 314 g/mol. The molecule has 2 N–H and O–H groups in total. The Morgan fingerprint density at radius 1 is 1.33 bits per heavy atom. The first kappa shape index (κ1) is 13.1. The van der Waals surface area contributed by atoms with Crippen LogP contribution in [0.4, 0.5) is 5.69 Å². The summed E-state index contributed by atoms with van der Waals surface area (Å²) in [5.74, 6) is -0.156. The van der Waals surface area contributed by atoms with E-state index in [1.165, 1.54) is 11.3 Å². The first-order chi connectivity index (χ1) is 8.47. The molecule has 1 amide bonds. The van der Waals surface area contributed by atoms with Gasteiger partial charge in [0.05, 0.1) is 10.6 Å². The van der Waals surface area contributed by atoms with E-state index in [0.29, 0.717) is 10.6 Å². The van der Waals surface area contributed by atoms with E-state index in [1.54, 1.807) is 18.2 Å². The predicted octanol–water partition coefficient (Wildman–Crippen LogP) is 4.09. The average Bonchev–Trinajstić information content (AvgIpc) is 2.63. The topological polar surface area (TPSA) is 49.3 Å². The fourth-order valence-electron chi connectivity index (χ4n) is 1.48. The first-order valence-corrected chi connectivity index (χ1v) is 6.95. The third-order valence-electron chi connectivity index (χ3n) is 2.60. The summed E-state index contributed by atoms with van der Waals surface area (Å²) >= 11 is 4.70. The van der Waals surface area contributed by atoms with Crippen LogP contribution >= 0.6 is 27.3 Å². The second kappa shape index (κ2) is 5.12. The Hall–Kier alpha value is -1.33. The number of nitrogens with one attached hydrogen (secondary N) is 1. The summed E-state index contributed by atoms with van der Waals surface area (Å²) in [7, 11) is 0. The standard InChI is InChI=1S/C13H12BrNO2S/c1-7-5-12(18-8(7)2)13(17)15-10-4-3-9(14)6-11(10)16/h3-6,16H,1-2H3,(H,15,17). The normalized spacial score (nSPS) is 10.4. The Balaban J connectivity index is 2.21. The molecule has 0 aliphatic carbocycles. The number of phenolic OH excluding ortho intramolecular Hbond substituents is 1. The van der Waals surface area contributed by atoms with Gasteiger partial charge in [-0.2, -0.15) is 0 Å². The van der Waals surface area contributed by atoms with Crippen LogP contribution in [-0.2, 0) is 0 Å². The van der Waals surface area contributed by atoms with Crippen molar-refractivity contribution in [2.24, 2.45) is 0 Å². The SMILES string of the molecule is Cc1cc(C(=O)Nc2ccc(Br)cc2O)sc1C. The van der Waals surface area contributed by atoms with Gasteiger partial charge in [0.1, 0.15) is 5.75 Å². The number of anilines is 1. The molecule has 0 aliphatic rings. The summed E-state index contributed by atoms with van der Waals surface area (Å²) in [5, 5.41) is 12.4. The molecule has 3 nitrogen and oxygen atoms in total. The van der Waals surface area contributed by atoms with Gasteiger partial charge in [0.2, 0.25) is 0 Å². The van der Waals surface area contributed by atoms with Crippen molar-refractivity contribution in [1.29, 1.82) is 0 Å². The Labute approximate surface area is 118 Å². The maximum atomic E-state index is 12.0. The Morgan fingerprint density at radius 3 is 2.61 bits per heavy atom. The van der Waals surface area contributed by atoms with Crippen LogP contribution in [0.1, 0.15) is 20.1 Å². The molecule has 0 spiro atoms. The van der Waals surface area contributed by atoms with Crippen molar-refractivity contribution in [2.45, 2.75) is 13.8 Å². The van der Waals surface area contributed by atoms with E-state index in [0.717, 1.165) is 14.9 Å². The van der Waals surface area contributed by atoms with Crippen molar-refractivity contribution < 1.29 is 9.90 Å². The van der Waals surface area contributed by atoms with Gasteiger partial charge in [0.25, 0.3) is 5.91 Å². The van der Waals surface area contributed by atoms with E-state index >= 15 is 0 Å². The lowest BCUT2D eigenvalue weighted by Crippen LogP contribution is -2.10. The summed E-state index contributed by atoms with van der Waals surface area (Å²) in [6.45, 7) is 3.95.